The quantitative estimate of drug-likeness (QED) is 0.0676. The molecular weight excluding hydrogens is 592 g/mol. The van der Waals surface area contributed by atoms with Crippen molar-refractivity contribution in [3.63, 3.8) is 0 Å². The maximum absolute atomic E-state index is 11.9. The van der Waals surface area contributed by atoms with E-state index in [0.29, 0.717) is 6.29 Å². The van der Waals surface area contributed by atoms with Gasteiger partial charge in [0, 0.05) is 11.1 Å². The van der Waals surface area contributed by atoms with Crippen molar-refractivity contribution in [1.29, 1.82) is 0 Å². The summed E-state index contributed by atoms with van der Waals surface area (Å²) < 4.78 is 65.9. The molecule has 16 heteroatoms. The molecular formula is C22H21CuN4O9S2. The Bertz CT molecular complexity index is 1620. The normalized spacial score (nSPS) is 11.9. The van der Waals surface area contributed by atoms with E-state index >= 15 is 0 Å². The van der Waals surface area contributed by atoms with E-state index in [-0.39, 0.29) is 50.6 Å². The monoisotopic (exact) mass is 612 g/mol. The average Bonchev–Trinajstić information content (AvgIpc) is 2.80. The Kier molecular flexibility index (Phi) is 11.0. The van der Waals surface area contributed by atoms with E-state index in [4.69, 9.17) is 0 Å². The molecule has 0 aliphatic carbocycles. The second-order valence-corrected chi connectivity index (χ2v) is 10.3. The van der Waals surface area contributed by atoms with Crippen molar-refractivity contribution in [2.45, 2.75) is 23.6 Å². The summed E-state index contributed by atoms with van der Waals surface area (Å²) >= 11 is 0. The Balaban J connectivity index is 0.00000361. The summed E-state index contributed by atoms with van der Waals surface area (Å²) in [7, 11) is -9.39. The first-order valence-corrected chi connectivity index (χ1v) is 12.8. The smallest absolute Gasteiger partial charge is 0.571 e. The third-order valence-corrected chi connectivity index (χ3v) is 6.52. The van der Waals surface area contributed by atoms with Crippen LogP contribution >= 0.6 is 0 Å². The summed E-state index contributed by atoms with van der Waals surface area (Å²) in [6, 6.07) is 11.7. The zero-order valence-corrected chi connectivity index (χ0v) is 22.1. The Morgan fingerprint density at radius 3 is 2.21 bits per heavy atom. The van der Waals surface area contributed by atoms with Crippen LogP contribution in [-0.2, 0) is 37.3 Å². The molecule has 0 aliphatic rings. The van der Waals surface area contributed by atoms with Crippen LogP contribution in [0.2, 0.25) is 0 Å². The van der Waals surface area contributed by atoms with Gasteiger partial charge in [0.05, 0.1) is 10.6 Å². The van der Waals surface area contributed by atoms with Crippen LogP contribution in [0.5, 0.6) is 5.75 Å². The SMILES string of the molecule is Cc1ccc(C=O)c(N=NC(=N[N-]c2cc(S(=O)(=O)O)cc(C)c2O)c2ccccc2S(=O)(=O)O)c1.O.[Cu+]. The number of amidine groups is 1. The summed E-state index contributed by atoms with van der Waals surface area (Å²) in [4.78, 5) is 10.2. The molecule has 0 saturated carbocycles. The number of hydrogen-bond donors (Lipinski definition) is 3. The molecule has 3 aromatic rings. The molecule has 206 valence electrons. The first kappa shape index (κ1) is 32.5. The molecule has 0 fully saturated rings. The van der Waals surface area contributed by atoms with Crippen LogP contribution in [0.3, 0.4) is 0 Å². The van der Waals surface area contributed by atoms with Gasteiger partial charge in [-0.15, -0.1) is 10.2 Å². The van der Waals surface area contributed by atoms with Crippen molar-refractivity contribution in [2.75, 3.05) is 0 Å². The predicted molar refractivity (Wildman–Crippen MR) is 133 cm³/mol. The molecule has 0 saturated heterocycles. The maximum atomic E-state index is 11.9. The number of rotatable bonds is 7. The predicted octanol–water partition coefficient (Wildman–Crippen LogP) is 3.64. The zero-order chi connectivity index (χ0) is 26.7. The van der Waals surface area contributed by atoms with Crippen LogP contribution in [0.1, 0.15) is 27.0 Å². The van der Waals surface area contributed by atoms with E-state index in [1.54, 1.807) is 19.1 Å². The number of aromatic hydroxyl groups is 1. The second-order valence-electron chi connectivity index (χ2n) is 7.46. The fourth-order valence-corrected chi connectivity index (χ4v) is 4.27. The average molecular weight is 613 g/mol. The van der Waals surface area contributed by atoms with Gasteiger partial charge < -0.3 is 21.1 Å². The van der Waals surface area contributed by atoms with Crippen LogP contribution in [0.15, 0.2) is 79.7 Å². The Morgan fingerprint density at radius 1 is 0.947 bits per heavy atom. The topological polar surface area (TPSA) is 229 Å². The fourth-order valence-electron chi connectivity index (χ4n) is 3.00. The van der Waals surface area contributed by atoms with Crippen LogP contribution in [0.25, 0.3) is 5.43 Å². The van der Waals surface area contributed by atoms with Crippen molar-refractivity contribution in [1.82, 2.24) is 0 Å². The molecule has 0 aliphatic heterocycles. The molecule has 3 rings (SSSR count). The van der Waals surface area contributed by atoms with Gasteiger partial charge in [0.15, 0.2) is 12.1 Å². The number of carbonyl (C=O) groups is 1. The van der Waals surface area contributed by atoms with Gasteiger partial charge in [-0.3, -0.25) is 13.9 Å². The van der Waals surface area contributed by atoms with E-state index in [0.717, 1.165) is 23.8 Å². The second kappa shape index (κ2) is 12.8. The molecule has 0 radical (unpaired) electrons. The van der Waals surface area contributed by atoms with E-state index in [1.165, 1.54) is 31.2 Å². The number of carbonyl (C=O) groups excluding carboxylic acids is 1. The molecule has 0 amide bonds. The number of aryl methyl sites for hydroxylation is 2. The number of phenolic OH excluding ortho intramolecular Hbond substituents is 1. The molecule has 0 unspecified atom stereocenters. The van der Waals surface area contributed by atoms with Crippen molar-refractivity contribution in [3.05, 3.63) is 82.3 Å². The minimum absolute atomic E-state index is 0. The standard InChI is InChI=1S/C22H20N4O8S2.Cu.H2O/c1-13-7-8-15(12-27)18(9-13)23-25-22(17-5-3-4-6-20(17)36(32,33)34)26-24-19-11-16(35(29,30)31)10-14(2)21(19)28;;/h3-12H,1-2H3,(H4,23,24,25,26,27,28,29,30,31,32,33,34);;1H2/q;+1;/p-1. The summed E-state index contributed by atoms with van der Waals surface area (Å²) in [5.74, 6) is -0.927. The van der Waals surface area contributed by atoms with Crippen LogP contribution in [0.4, 0.5) is 11.4 Å². The van der Waals surface area contributed by atoms with E-state index < -0.39 is 41.6 Å². The van der Waals surface area contributed by atoms with Crippen LogP contribution in [0, 0.1) is 13.8 Å². The Hall–Kier alpha value is -3.50. The van der Waals surface area contributed by atoms with E-state index in [9.17, 15) is 35.8 Å². The van der Waals surface area contributed by atoms with Gasteiger partial charge in [0.1, 0.15) is 10.6 Å². The number of aldehydes is 1. The van der Waals surface area contributed by atoms with Crippen molar-refractivity contribution in [2.24, 2.45) is 15.3 Å². The molecule has 0 heterocycles. The molecule has 13 nitrogen and oxygen atoms in total. The summed E-state index contributed by atoms with van der Waals surface area (Å²) in [6.07, 6.45) is 0.544. The number of nitrogens with zero attached hydrogens (tertiary/aromatic N) is 4. The van der Waals surface area contributed by atoms with Crippen molar-refractivity contribution >= 4 is 43.7 Å². The molecule has 5 N–H and O–H groups in total. The van der Waals surface area contributed by atoms with E-state index in [2.05, 4.69) is 20.8 Å². The first-order valence-electron chi connectivity index (χ1n) is 9.95. The molecule has 3 aromatic carbocycles. The van der Waals surface area contributed by atoms with Gasteiger partial charge >= 0.3 is 17.1 Å². The summed E-state index contributed by atoms with van der Waals surface area (Å²) in [6.45, 7) is 3.11. The molecule has 0 aromatic heterocycles. The molecule has 0 spiro atoms. The van der Waals surface area contributed by atoms with Crippen LogP contribution in [-0.4, -0.2) is 48.6 Å². The van der Waals surface area contributed by atoms with Crippen molar-refractivity contribution in [3.8, 4) is 5.75 Å². The summed E-state index contributed by atoms with van der Waals surface area (Å²) in [5.41, 5.74) is 4.28. The van der Waals surface area contributed by atoms with E-state index in [1.807, 2.05) is 0 Å². The first-order chi connectivity index (χ1) is 16.8. The number of azo groups is 1. The molecule has 38 heavy (non-hydrogen) atoms. The molecule has 0 atom stereocenters. The summed E-state index contributed by atoms with van der Waals surface area (Å²) in [5, 5.41) is 22.0. The van der Waals surface area contributed by atoms with Gasteiger partial charge in [0.2, 0.25) is 0 Å². The minimum Gasteiger partial charge on any atom is -0.571 e. The number of hydrogen-bond acceptors (Lipinski definition) is 8. The minimum atomic E-state index is -4.75. The molecule has 0 bridgehead atoms. The third-order valence-electron chi connectivity index (χ3n) is 4.78. The van der Waals surface area contributed by atoms with Crippen molar-refractivity contribution < 1.29 is 58.4 Å². The van der Waals surface area contributed by atoms with Gasteiger partial charge in [-0.25, -0.2) is 0 Å². The van der Waals surface area contributed by atoms with Gasteiger partial charge in [-0.1, -0.05) is 30.0 Å². The largest absolute Gasteiger partial charge is 1.00 e. The maximum Gasteiger partial charge on any atom is 1.00 e. The van der Waals surface area contributed by atoms with Gasteiger partial charge in [-0.2, -0.15) is 16.8 Å². The zero-order valence-electron chi connectivity index (χ0n) is 19.6. The third kappa shape index (κ3) is 7.75. The number of phenols is 1. The number of benzene rings is 3. The fraction of sp³-hybridized carbons (Fsp3) is 0.0909. The van der Waals surface area contributed by atoms with Gasteiger partial charge in [0.25, 0.3) is 20.2 Å². The van der Waals surface area contributed by atoms with Gasteiger partial charge in [-0.05, 0) is 55.3 Å². The van der Waals surface area contributed by atoms with Crippen LogP contribution < -0.4 is 0 Å². The Morgan fingerprint density at radius 2 is 1.61 bits per heavy atom. The Labute approximate surface area is 228 Å².